The monoisotopic (exact) mass is 532 g/mol. The number of benzene rings is 6. The Labute approximate surface area is 239 Å². The molecule has 4 heteroatoms. The number of rotatable bonds is 7. The molecule has 0 radical (unpaired) electrons. The first kappa shape index (κ1) is 25.8. The molecule has 0 fully saturated rings. The first-order chi connectivity index (χ1) is 20.2. The summed E-state index contributed by atoms with van der Waals surface area (Å²) in [7, 11) is 0. The van der Waals surface area contributed by atoms with Crippen LogP contribution in [0.15, 0.2) is 151 Å². The molecule has 6 aromatic carbocycles. The second-order valence-electron chi connectivity index (χ2n) is 9.84. The molecule has 4 nitrogen and oxygen atoms in total. The van der Waals surface area contributed by atoms with Gasteiger partial charge in [-0.1, -0.05) is 127 Å². The van der Waals surface area contributed by atoms with Crippen molar-refractivity contribution in [2.24, 2.45) is 0 Å². The summed E-state index contributed by atoms with van der Waals surface area (Å²) in [4.78, 5) is 27.5. The minimum atomic E-state index is -0.411. The Bertz CT molecular complexity index is 1770. The van der Waals surface area contributed by atoms with Gasteiger partial charge in [0, 0.05) is 5.56 Å². The van der Waals surface area contributed by atoms with Crippen molar-refractivity contribution < 1.29 is 9.59 Å². The lowest BCUT2D eigenvalue weighted by atomic mass is 9.95. The van der Waals surface area contributed by atoms with E-state index in [-0.39, 0.29) is 17.5 Å². The summed E-state index contributed by atoms with van der Waals surface area (Å²) in [5.74, 6) is -0.739. The highest BCUT2D eigenvalue weighted by atomic mass is 16.2. The van der Waals surface area contributed by atoms with Crippen molar-refractivity contribution in [1.82, 2.24) is 10.6 Å². The van der Waals surface area contributed by atoms with Crippen LogP contribution in [0.4, 0.5) is 0 Å². The quantitative estimate of drug-likeness (QED) is 0.164. The Morgan fingerprint density at radius 1 is 0.561 bits per heavy atom. The fraction of sp³-hybridized carbons (Fsp3) is 0.0270. The van der Waals surface area contributed by atoms with Crippen LogP contribution >= 0.6 is 0 Å². The summed E-state index contributed by atoms with van der Waals surface area (Å²) < 4.78 is 0. The molecular weight excluding hydrogens is 504 g/mol. The smallest absolute Gasteiger partial charge is 0.268 e. The molecule has 41 heavy (non-hydrogen) atoms. The van der Waals surface area contributed by atoms with Crippen molar-refractivity contribution in [3.05, 3.63) is 174 Å². The van der Waals surface area contributed by atoms with E-state index in [9.17, 15) is 9.59 Å². The van der Waals surface area contributed by atoms with Crippen molar-refractivity contribution in [2.45, 2.75) is 6.04 Å². The van der Waals surface area contributed by atoms with E-state index in [1.807, 2.05) is 103 Å². The van der Waals surface area contributed by atoms with E-state index < -0.39 is 6.04 Å². The highest BCUT2D eigenvalue weighted by Gasteiger charge is 2.22. The van der Waals surface area contributed by atoms with Gasteiger partial charge in [0.1, 0.15) is 5.70 Å². The third-order valence-corrected chi connectivity index (χ3v) is 7.17. The number of fused-ring (bicyclic) bond motifs is 2. The Morgan fingerprint density at radius 3 is 1.56 bits per heavy atom. The van der Waals surface area contributed by atoms with Gasteiger partial charge >= 0.3 is 0 Å². The van der Waals surface area contributed by atoms with Crippen molar-refractivity contribution >= 4 is 39.4 Å². The zero-order valence-electron chi connectivity index (χ0n) is 22.3. The SMILES string of the molecule is O=C(NC(c1ccccc1)c1ccccc1)/C(=C/c1c2ccccc2cc2ccccc12)NC(=O)c1ccccc1. The Morgan fingerprint density at radius 2 is 1.02 bits per heavy atom. The maximum Gasteiger partial charge on any atom is 0.268 e. The Balaban J connectivity index is 1.48. The molecule has 2 amide bonds. The second-order valence-corrected chi connectivity index (χ2v) is 9.84. The predicted molar refractivity (Wildman–Crippen MR) is 166 cm³/mol. The van der Waals surface area contributed by atoms with Gasteiger partial charge in [-0.2, -0.15) is 0 Å². The van der Waals surface area contributed by atoms with E-state index in [0.717, 1.165) is 38.2 Å². The number of nitrogens with one attached hydrogen (secondary N) is 2. The van der Waals surface area contributed by atoms with Gasteiger partial charge < -0.3 is 10.6 Å². The topological polar surface area (TPSA) is 58.2 Å². The molecule has 0 aromatic heterocycles. The molecule has 198 valence electrons. The van der Waals surface area contributed by atoms with Gasteiger partial charge in [-0.25, -0.2) is 0 Å². The van der Waals surface area contributed by atoms with Crippen LogP contribution in [0.5, 0.6) is 0 Å². The molecule has 0 unspecified atom stereocenters. The largest absolute Gasteiger partial charge is 0.340 e. The van der Waals surface area contributed by atoms with E-state index in [1.54, 1.807) is 30.3 Å². The fourth-order valence-electron chi connectivity index (χ4n) is 5.15. The van der Waals surface area contributed by atoms with Crippen LogP contribution in [0.3, 0.4) is 0 Å². The maximum absolute atomic E-state index is 14.1. The van der Waals surface area contributed by atoms with Crippen LogP contribution < -0.4 is 10.6 Å². The molecule has 6 aromatic rings. The van der Waals surface area contributed by atoms with Gasteiger partial charge in [-0.05, 0) is 62.5 Å². The first-order valence-electron chi connectivity index (χ1n) is 13.6. The minimum absolute atomic E-state index is 0.164. The number of hydrogen-bond donors (Lipinski definition) is 2. The van der Waals surface area contributed by atoms with Crippen LogP contribution in [-0.2, 0) is 4.79 Å². The van der Waals surface area contributed by atoms with Gasteiger partial charge in [-0.3, -0.25) is 9.59 Å². The fourth-order valence-corrected chi connectivity index (χ4v) is 5.15. The molecule has 2 N–H and O–H groups in total. The molecular formula is C37H28N2O2. The third-order valence-electron chi connectivity index (χ3n) is 7.17. The van der Waals surface area contributed by atoms with E-state index in [1.165, 1.54) is 0 Å². The molecule has 0 spiro atoms. The van der Waals surface area contributed by atoms with Crippen molar-refractivity contribution in [3.8, 4) is 0 Å². The highest BCUT2D eigenvalue weighted by Crippen LogP contribution is 2.30. The average Bonchev–Trinajstić information content (AvgIpc) is 3.04. The van der Waals surface area contributed by atoms with Gasteiger partial charge in [0.25, 0.3) is 11.8 Å². The average molecular weight is 533 g/mol. The standard InChI is InChI=1S/C37H28N2O2/c40-36(28-18-8-3-9-19-28)38-34(25-33-31-22-12-10-20-29(31)24-30-21-11-13-23-32(30)33)37(41)39-35(26-14-4-1-5-15-26)27-16-6-2-7-17-27/h1-25,35H,(H,38,40)(H,39,41)/b34-25-. The van der Waals surface area contributed by atoms with Crippen LogP contribution in [0.25, 0.3) is 27.6 Å². The van der Waals surface area contributed by atoms with Gasteiger partial charge in [0.15, 0.2) is 0 Å². The molecule has 0 bridgehead atoms. The summed E-state index contributed by atoms with van der Waals surface area (Å²) in [6.07, 6.45) is 1.80. The molecule has 6 rings (SSSR count). The first-order valence-corrected chi connectivity index (χ1v) is 13.6. The molecule has 0 heterocycles. The summed E-state index contributed by atoms with van der Waals surface area (Å²) in [5.41, 5.74) is 3.38. The Kier molecular flexibility index (Phi) is 7.37. The summed E-state index contributed by atoms with van der Waals surface area (Å²) in [5, 5.41) is 10.2. The molecule has 0 atom stereocenters. The maximum atomic E-state index is 14.1. The number of amides is 2. The highest BCUT2D eigenvalue weighted by molar-refractivity contribution is 6.11. The molecule has 0 saturated carbocycles. The second kappa shape index (κ2) is 11.7. The lowest BCUT2D eigenvalue weighted by Crippen LogP contribution is -2.37. The van der Waals surface area contributed by atoms with Crippen LogP contribution in [0.1, 0.15) is 33.1 Å². The van der Waals surface area contributed by atoms with Gasteiger partial charge in [-0.15, -0.1) is 0 Å². The van der Waals surface area contributed by atoms with Crippen LogP contribution in [0, 0.1) is 0 Å². The Hall–Kier alpha value is -5.48. The van der Waals surface area contributed by atoms with Crippen molar-refractivity contribution in [3.63, 3.8) is 0 Å². The van der Waals surface area contributed by atoms with Gasteiger partial charge in [0.05, 0.1) is 6.04 Å². The molecule has 0 saturated heterocycles. The lowest BCUT2D eigenvalue weighted by Gasteiger charge is -2.21. The van der Waals surface area contributed by atoms with E-state index in [2.05, 4.69) is 28.8 Å². The van der Waals surface area contributed by atoms with Gasteiger partial charge in [0.2, 0.25) is 0 Å². The van der Waals surface area contributed by atoms with E-state index >= 15 is 0 Å². The number of carbonyl (C=O) groups is 2. The minimum Gasteiger partial charge on any atom is -0.340 e. The van der Waals surface area contributed by atoms with E-state index in [0.29, 0.717) is 5.56 Å². The number of carbonyl (C=O) groups excluding carboxylic acids is 2. The molecule has 0 aliphatic carbocycles. The van der Waals surface area contributed by atoms with Crippen molar-refractivity contribution in [2.75, 3.05) is 0 Å². The molecule has 0 aliphatic rings. The van der Waals surface area contributed by atoms with Crippen LogP contribution in [-0.4, -0.2) is 11.8 Å². The van der Waals surface area contributed by atoms with Crippen LogP contribution in [0.2, 0.25) is 0 Å². The normalized spacial score (nSPS) is 11.5. The predicted octanol–water partition coefficient (Wildman–Crippen LogP) is 7.67. The van der Waals surface area contributed by atoms with E-state index in [4.69, 9.17) is 0 Å². The zero-order chi connectivity index (χ0) is 28.0. The summed E-state index contributed by atoms with van der Waals surface area (Å²) >= 11 is 0. The summed E-state index contributed by atoms with van der Waals surface area (Å²) in [6.45, 7) is 0. The lowest BCUT2D eigenvalue weighted by molar-refractivity contribution is -0.118. The third kappa shape index (κ3) is 5.63. The van der Waals surface area contributed by atoms with Crippen molar-refractivity contribution in [1.29, 1.82) is 0 Å². The zero-order valence-corrected chi connectivity index (χ0v) is 22.3. The summed E-state index contributed by atoms with van der Waals surface area (Å²) in [6, 6.07) is 46.5. The molecule has 0 aliphatic heterocycles. The number of hydrogen-bond acceptors (Lipinski definition) is 2.